The number of nitrogens with zero attached hydrogens (tertiary/aromatic N) is 6. The van der Waals surface area contributed by atoms with Gasteiger partial charge in [0.2, 0.25) is 35.4 Å². The maximum absolute atomic E-state index is 14.1. The minimum Gasteiger partial charge on any atom is -0.379 e. The molecule has 4 aliphatic rings. The molecule has 2 aliphatic carbocycles. The molecule has 2 saturated carbocycles. The zero-order valence-electron chi connectivity index (χ0n) is 41.4. The summed E-state index contributed by atoms with van der Waals surface area (Å²) in [5.74, 6) is -1.85. The number of hydrogen-bond donors (Lipinski definition) is 5. The average Bonchev–Trinajstić information content (AvgIpc) is 3.88. The van der Waals surface area contributed by atoms with E-state index in [1.165, 1.54) is 12.4 Å². The second-order valence-corrected chi connectivity index (χ2v) is 19.6. The predicted molar refractivity (Wildman–Crippen MR) is 259 cm³/mol. The SMILES string of the molecule is CC(C)N(C)[C@@H]1CC[C@H](N2CC[C@H](Nc3ncnc4ccc(C(F)(F)F)cc34)C2=O)[C@H](NC(=O)[C@H]2CC[C@@H](NC(=O)CCOCCNC(=O)COCCNC(=O)[C@H]3CC(=O)N(C)[C@@H]3c3cccnc3)CC2)C1. The number of halogens is 3. The van der Waals surface area contributed by atoms with Crippen LogP contribution in [0.2, 0.25) is 0 Å². The molecule has 22 heteroatoms. The van der Waals surface area contributed by atoms with Crippen molar-refractivity contribution in [3.8, 4) is 0 Å². The minimum absolute atomic E-state index is 0.0734. The number of likely N-dealkylation sites (tertiary alicyclic amines) is 2. The van der Waals surface area contributed by atoms with Gasteiger partial charge < -0.3 is 50.8 Å². The largest absolute Gasteiger partial charge is 0.416 e. The first-order valence-electron chi connectivity index (χ1n) is 25.0. The van der Waals surface area contributed by atoms with E-state index in [2.05, 4.69) is 67.3 Å². The molecule has 6 atom stereocenters. The number of anilines is 1. The molecule has 6 amide bonds. The zero-order chi connectivity index (χ0) is 51.5. The summed E-state index contributed by atoms with van der Waals surface area (Å²) in [7, 11) is 3.74. The van der Waals surface area contributed by atoms with E-state index in [1.807, 2.05) is 11.0 Å². The summed E-state index contributed by atoms with van der Waals surface area (Å²) >= 11 is 0. The summed E-state index contributed by atoms with van der Waals surface area (Å²) in [6.45, 7) is 5.29. The third-order valence-electron chi connectivity index (χ3n) is 14.7. The van der Waals surface area contributed by atoms with E-state index in [4.69, 9.17) is 9.47 Å². The van der Waals surface area contributed by atoms with E-state index in [0.717, 1.165) is 24.1 Å². The van der Waals surface area contributed by atoms with Gasteiger partial charge in [0.25, 0.3) is 0 Å². The second kappa shape index (κ2) is 24.6. The van der Waals surface area contributed by atoms with E-state index in [9.17, 15) is 41.9 Å². The molecule has 19 nitrogen and oxygen atoms in total. The van der Waals surface area contributed by atoms with Crippen molar-refractivity contribution >= 4 is 52.2 Å². The molecule has 2 aromatic heterocycles. The number of carbonyl (C=O) groups is 6. The van der Waals surface area contributed by atoms with Crippen LogP contribution < -0.4 is 26.6 Å². The molecule has 72 heavy (non-hydrogen) atoms. The summed E-state index contributed by atoms with van der Waals surface area (Å²) < 4.78 is 51.7. The van der Waals surface area contributed by atoms with Crippen LogP contribution in [0.1, 0.15) is 95.2 Å². The Morgan fingerprint density at radius 3 is 2.39 bits per heavy atom. The maximum Gasteiger partial charge on any atom is 0.416 e. The summed E-state index contributed by atoms with van der Waals surface area (Å²) in [6, 6.07) is 5.53. The Morgan fingerprint density at radius 1 is 0.889 bits per heavy atom. The van der Waals surface area contributed by atoms with Crippen LogP contribution in [-0.2, 0) is 44.4 Å². The first kappa shape index (κ1) is 53.8. The molecule has 2 saturated heterocycles. The van der Waals surface area contributed by atoms with Crippen molar-refractivity contribution in [1.29, 1.82) is 0 Å². The van der Waals surface area contributed by atoms with Gasteiger partial charge in [-0.3, -0.25) is 33.8 Å². The van der Waals surface area contributed by atoms with Gasteiger partial charge in [0.1, 0.15) is 24.8 Å². The molecule has 0 bridgehead atoms. The van der Waals surface area contributed by atoms with Gasteiger partial charge in [0.15, 0.2) is 0 Å². The van der Waals surface area contributed by atoms with E-state index in [-0.39, 0.29) is 135 Å². The van der Waals surface area contributed by atoms with Gasteiger partial charge in [-0.05, 0) is 102 Å². The number of hydrogen-bond acceptors (Lipinski definition) is 13. The van der Waals surface area contributed by atoms with Gasteiger partial charge in [-0.15, -0.1) is 0 Å². The van der Waals surface area contributed by atoms with Crippen molar-refractivity contribution < 1.29 is 51.4 Å². The highest BCUT2D eigenvalue weighted by Gasteiger charge is 2.45. The fourth-order valence-electron chi connectivity index (χ4n) is 10.5. The van der Waals surface area contributed by atoms with Crippen LogP contribution >= 0.6 is 0 Å². The minimum atomic E-state index is -4.56. The third kappa shape index (κ3) is 13.7. The number of nitrogens with one attached hydrogen (secondary N) is 5. The third-order valence-corrected chi connectivity index (χ3v) is 14.7. The first-order valence-corrected chi connectivity index (χ1v) is 25.0. The number of alkyl halides is 3. The van der Waals surface area contributed by atoms with Gasteiger partial charge in [-0.1, -0.05) is 6.07 Å². The van der Waals surface area contributed by atoms with Crippen LogP contribution in [0.15, 0.2) is 49.1 Å². The number of pyridine rings is 1. The summed E-state index contributed by atoms with van der Waals surface area (Å²) in [5, 5.41) is 15.2. The van der Waals surface area contributed by atoms with E-state index >= 15 is 0 Å². The summed E-state index contributed by atoms with van der Waals surface area (Å²) in [5.41, 5.74) is 0.272. The molecular formula is C50H68F3N11O8. The lowest BCUT2D eigenvalue weighted by Gasteiger charge is -2.45. The van der Waals surface area contributed by atoms with Gasteiger partial charge in [0.05, 0.1) is 54.9 Å². The number of fused-ring (bicyclic) bond motifs is 1. The van der Waals surface area contributed by atoms with Crippen molar-refractivity contribution in [2.45, 2.75) is 127 Å². The van der Waals surface area contributed by atoms with Crippen molar-refractivity contribution in [3.63, 3.8) is 0 Å². The normalized spacial score (nSPS) is 24.7. The van der Waals surface area contributed by atoms with Crippen molar-refractivity contribution in [2.75, 3.05) is 65.5 Å². The molecule has 4 heterocycles. The van der Waals surface area contributed by atoms with Gasteiger partial charge in [0, 0.05) is 81.3 Å². The number of ether oxygens (including phenoxy) is 2. The van der Waals surface area contributed by atoms with Gasteiger partial charge >= 0.3 is 6.18 Å². The molecule has 0 spiro atoms. The summed E-state index contributed by atoms with van der Waals surface area (Å²) in [4.78, 5) is 96.5. The smallest absolute Gasteiger partial charge is 0.379 e. The van der Waals surface area contributed by atoms with Crippen molar-refractivity contribution in [3.05, 3.63) is 60.2 Å². The number of aromatic nitrogens is 3. The number of amides is 6. The van der Waals surface area contributed by atoms with Crippen LogP contribution in [0.25, 0.3) is 10.9 Å². The van der Waals surface area contributed by atoms with Crippen LogP contribution in [0.5, 0.6) is 0 Å². The van der Waals surface area contributed by atoms with Crippen molar-refractivity contribution in [1.82, 2.24) is 50.9 Å². The number of carbonyl (C=O) groups excluding carboxylic acids is 6. The molecule has 0 unspecified atom stereocenters. The Kier molecular flexibility index (Phi) is 18.4. The monoisotopic (exact) mass is 1010 g/mol. The molecule has 4 fully saturated rings. The standard InChI is InChI=1S/C50H68F3N11O8/c1-30(2)62(3)35-12-14-41(64-20-15-39(49(64)70)60-46-36-24-33(50(51,52)53)9-13-38(36)57-29-58-46)40(25-35)61-47(68)31-7-10-34(11-8-31)59-42(65)16-21-71-22-18-55-43(66)28-72-23-19-56-48(69)37-26-44(67)63(4)45(37)32-6-5-17-54-27-32/h5-6,9,13,17,24,27,29-31,34-35,37,39-41,45H,7-8,10-12,14-16,18-23,25-26,28H2,1-4H3,(H,55,66)(H,56,69)(H,59,65)(H,61,68)(H,57,58,60)/t31-,34+,35-,37+,39+,40-,41+,45-/m1/s1. The lowest BCUT2D eigenvalue weighted by atomic mass is 9.82. The van der Waals surface area contributed by atoms with E-state index in [0.29, 0.717) is 57.0 Å². The molecule has 392 valence electrons. The van der Waals surface area contributed by atoms with Gasteiger partial charge in [-0.2, -0.15) is 13.2 Å². The Hall–Kier alpha value is -6.00. The molecule has 5 N–H and O–H groups in total. The molecule has 3 aromatic rings. The van der Waals surface area contributed by atoms with Crippen LogP contribution in [0.4, 0.5) is 19.0 Å². The Bertz CT molecular complexity index is 2370. The molecule has 7 rings (SSSR count). The first-order chi connectivity index (χ1) is 34.5. The van der Waals surface area contributed by atoms with Crippen LogP contribution in [0, 0.1) is 11.8 Å². The quantitative estimate of drug-likeness (QED) is 0.0967. The van der Waals surface area contributed by atoms with Crippen LogP contribution in [-0.4, -0.2) is 162 Å². The van der Waals surface area contributed by atoms with Crippen molar-refractivity contribution in [2.24, 2.45) is 11.8 Å². The predicted octanol–water partition coefficient (Wildman–Crippen LogP) is 3.35. The molecular weight excluding hydrogens is 940 g/mol. The Labute approximate surface area is 417 Å². The number of benzene rings is 1. The molecule has 2 aliphatic heterocycles. The van der Waals surface area contributed by atoms with E-state index in [1.54, 1.807) is 30.4 Å². The Morgan fingerprint density at radius 2 is 1.65 bits per heavy atom. The lowest BCUT2D eigenvalue weighted by molar-refractivity contribution is -0.137. The highest BCUT2D eigenvalue weighted by atomic mass is 19.4. The lowest BCUT2D eigenvalue weighted by Crippen LogP contribution is -2.59. The summed E-state index contributed by atoms with van der Waals surface area (Å²) in [6.07, 6.45) is 5.21. The van der Waals surface area contributed by atoms with Gasteiger partial charge in [-0.25, -0.2) is 9.97 Å². The fraction of sp³-hybridized carbons (Fsp3) is 0.620. The topological polar surface area (TPSA) is 229 Å². The highest BCUT2D eigenvalue weighted by Crippen LogP contribution is 2.38. The average molecular weight is 1010 g/mol. The second-order valence-electron chi connectivity index (χ2n) is 19.6. The van der Waals surface area contributed by atoms with Crippen LogP contribution in [0.3, 0.4) is 0 Å². The maximum atomic E-state index is 14.1. The van der Waals surface area contributed by atoms with E-state index < -0.39 is 29.7 Å². The zero-order valence-corrected chi connectivity index (χ0v) is 41.4. The Balaban J connectivity index is 0.783. The molecule has 1 aromatic carbocycles. The molecule has 0 radical (unpaired) electrons. The number of rotatable bonds is 21. The fourth-order valence-corrected chi connectivity index (χ4v) is 10.5. The highest BCUT2D eigenvalue weighted by molar-refractivity contribution is 5.93.